The summed E-state index contributed by atoms with van der Waals surface area (Å²) >= 11 is 0. The lowest BCUT2D eigenvalue weighted by molar-refractivity contribution is 0.598. The maximum absolute atomic E-state index is 11.8. The fraction of sp³-hybridized carbons (Fsp3) is 0.182. The molecule has 4 heteroatoms. The van der Waals surface area contributed by atoms with Crippen LogP contribution in [-0.4, -0.2) is 19.2 Å². The van der Waals surface area contributed by atoms with Crippen LogP contribution in [0.4, 0.5) is 0 Å². The van der Waals surface area contributed by atoms with Crippen LogP contribution in [0.5, 0.6) is 0 Å². The molecular formula is C11H11NO2S. The van der Waals surface area contributed by atoms with E-state index in [2.05, 4.69) is 4.98 Å². The Kier molecular flexibility index (Phi) is 2.44. The molecule has 2 aromatic rings. The van der Waals surface area contributed by atoms with Gasteiger partial charge in [0.1, 0.15) is 0 Å². The zero-order valence-electron chi connectivity index (χ0n) is 8.34. The first kappa shape index (κ1) is 10.1. The van der Waals surface area contributed by atoms with Gasteiger partial charge in [0.25, 0.3) is 0 Å². The van der Waals surface area contributed by atoms with E-state index in [1.165, 1.54) is 0 Å². The summed E-state index contributed by atoms with van der Waals surface area (Å²) in [4.78, 5) is 4.50. The van der Waals surface area contributed by atoms with Crippen LogP contribution in [0.2, 0.25) is 0 Å². The van der Waals surface area contributed by atoms with Gasteiger partial charge in [0.15, 0.2) is 9.84 Å². The van der Waals surface area contributed by atoms with E-state index in [0.29, 0.717) is 15.8 Å². The van der Waals surface area contributed by atoms with Crippen molar-refractivity contribution in [2.75, 3.05) is 5.75 Å². The average molecular weight is 221 g/mol. The first-order valence-electron chi connectivity index (χ1n) is 4.71. The van der Waals surface area contributed by atoms with Crippen molar-refractivity contribution in [2.24, 2.45) is 0 Å². The molecule has 0 aliphatic rings. The predicted molar refractivity (Wildman–Crippen MR) is 59.5 cm³/mol. The highest BCUT2D eigenvalue weighted by Gasteiger charge is 2.14. The Morgan fingerprint density at radius 2 is 2.00 bits per heavy atom. The Bertz CT molecular complexity index is 585. The van der Waals surface area contributed by atoms with Crippen LogP contribution in [0, 0.1) is 0 Å². The zero-order valence-corrected chi connectivity index (χ0v) is 9.16. The van der Waals surface area contributed by atoms with Crippen molar-refractivity contribution >= 4 is 20.7 Å². The Hall–Kier alpha value is -1.42. The molecule has 0 atom stereocenters. The Morgan fingerprint density at radius 3 is 2.73 bits per heavy atom. The fourth-order valence-electron chi connectivity index (χ4n) is 1.50. The largest absolute Gasteiger partial charge is 0.256 e. The first-order valence-corrected chi connectivity index (χ1v) is 6.37. The molecule has 78 valence electrons. The van der Waals surface area contributed by atoms with Gasteiger partial charge in [0, 0.05) is 11.6 Å². The number of fused-ring (bicyclic) bond motifs is 1. The zero-order chi connectivity index (χ0) is 10.9. The molecule has 3 nitrogen and oxygen atoms in total. The molecule has 0 N–H and O–H groups in total. The van der Waals surface area contributed by atoms with Crippen LogP contribution in [0.25, 0.3) is 10.9 Å². The molecule has 0 fully saturated rings. The van der Waals surface area contributed by atoms with E-state index in [9.17, 15) is 8.42 Å². The summed E-state index contributed by atoms with van der Waals surface area (Å²) in [6, 6.07) is 8.69. The molecule has 15 heavy (non-hydrogen) atoms. The van der Waals surface area contributed by atoms with E-state index < -0.39 is 9.84 Å². The molecule has 1 aromatic carbocycles. The average Bonchev–Trinajstić information content (AvgIpc) is 2.28. The summed E-state index contributed by atoms with van der Waals surface area (Å²) < 4.78 is 23.6. The van der Waals surface area contributed by atoms with Crippen molar-refractivity contribution in [1.29, 1.82) is 0 Å². The molecule has 0 unspecified atom stereocenters. The minimum absolute atomic E-state index is 0.112. The molecular weight excluding hydrogens is 210 g/mol. The smallest absolute Gasteiger partial charge is 0.178 e. The Balaban J connectivity index is 2.83. The van der Waals surface area contributed by atoms with Crippen LogP contribution < -0.4 is 0 Å². The second kappa shape index (κ2) is 3.62. The van der Waals surface area contributed by atoms with Gasteiger partial charge in [-0.05, 0) is 24.3 Å². The van der Waals surface area contributed by atoms with Crippen molar-refractivity contribution in [3.8, 4) is 0 Å². The van der Waals surface area contributed by atoms with Crippen LogP contribution in [0.3, 0.4) is 0 Å². The summed E-state index contributed by atoms with van der Waals surface area (Å²) in [5.41, 5.74) is 0.715. The van der Waals surface area contributed by atoms with Gasteiger partial charge in [-0.3, -0.25) is 4.98 Å². The highest BCUT2D eigenvalue weighted by molar-refractivity contribution is 7.91. The normalized spacial score (nSPS) is 11.8. The molecule has 0 saturated heterocycles. The third-order valence-electron chi connectivity index (χ3n) is 2.32. The number of hydrogen-bond donors (Lipinski definition) is 0. The summed E-state index contributed by atoms with van der Waals surface area (Å²) in [5.74, 6) is 0.112. The third kappa shape index (κ3) is 1.72. The second-order valence-electron chi connectivity index (χ2n) is 3.23. The van der Waals surface area contributed by atoms with Crippen LogP contribution in [-0.2, 0) is 9.84 Å². The monoisotopic (exact) mass is 221 g/mol. The number of pyridine rings is 1. The van der Waals surface area contributed by atoms with Gasteiger partial charge >= 0.3 is 0 Å². The molecule has 0 bridgehead atoms. The number of hydrogen-bond acceptors (Lipinski definition) is 3. The van der Waals surface area contributed by atoms with Gasteiger partial charge in [-0.1, -0.05) is 13.0 Å². The molecule has 0 saturated carbocycles. The van der Waals surface area contributed by atoms with E-state index in [0.717, 1.165) is 0 Å². The van der Waals surface area contributed by atoms with Gasteiger partial charge in [0.05, 0.1) is 16.2 Å². The minimum Gasteiger partial charge on any atom is -0.256 e. The van der Waals surface area contributed by atoms with E-state index in [-0.39, 0.29) is 5.75 Å². The molecule has 0 amide bonds. The van der Waals surface area contributed by atoms with Gasteiger partial charge in [-0.2, -0.15) is 0 Å². The van der Waals surface area contributed by atoms with Crippen LogP contribution in [0.15, 0.2) is 41.4 Å². The lowest BCUT2D eigenvalue weighted by Gasteiger charge is -2.04. The predicted octanol–water partition coefficient (Wildman–Crippen LogP) is 2.03. The van der Waals surface area contributed by atoms with Crippen LogP contribution in [0.1, 0.15) is 6.92 Å². The molecule has 1 aromatic heterocycles. The lowest BCUT2D eigenvalue weighted by Crippen LogP contribution is -2.04. The van der Waals surface area contributed by atoms with E-state index in [1.807, 2.05) is 6.07 Å². The molecule has 2 rings (SSSR count). The maximum atomic E-state index is 11.8. The summed E-state index contributed by atoms with van der Waals surface area (Å²) in [5, 5.41) is 0.696. The minimum atomic E-state index is -3.16. The van der Waals surface area contributed by atoms with Crippen molar-refractivity contribution in [3.05, 3.63) is 36.5 Å². The van der Waals surface area contributed by atoms with Gasteiger partial charge in [-0.15, -0.1) is 0 Å². The Labute approximate surface area is 88.7 Å². The lowest BCUT2D eigenvalue weighted by atomic mass is 10.2. The SMILES string of the molecule is CCS(=O)(=O)c1cccc2ncccc12. The third-order valence-corrected chi connectivity index (χ3v) is 4.11. The number of nitrogens with zero attached hydrogens (tertiary/aromatic N) is 1. The fourth-order valence-corrected chi connectivity index (χ4v) is 2.61. The topological polar surface area (TPSA) is 47.0 Å². The maximum Gasteiger partial charge on any atom is 0.178 e. The number of rotatable bonds is 2. The quantitative estimate of drug-likeness (QED) is 0.779. The van der Waals surface area contributed by atoms with E-state index >= 15 is 0 Å². The molecule has 1 heterocycles. The molecule has 0 spiro atoms. The van der Waals surface area contributed by atoms with Crippen molar-refractivity contribution < 1.29 is 8.42 Å². The Morgan fingerprint density at radius 1 is 1.20 bits per heavy atom. The summed E-state index contributed by atoms with van der Waals surface area (Å²) in [6.07, 6.45) is 1.66. The molecule has 0 aliphatic carbocycles. The van der Waals surface area contributed by atoms with Crippen molar-refractivity contribution in [1.82, 2.24) is 4.98 Å². The number of sulfone groups is 1. The van der Waals surface area contributed by atoms with Crippen molar-refractivity contribution in [3.63, 3.8) is 0 Å². The first-order chi connectivity index (χ1) is 7.15. The molecule has 0 radical (unpaired) electrons. The van der Waals surface area contributed by atoms with E-state index in [4.69, 9.17) is 0 Å². The molecule has 0 aliphatic heterocycles. The second-order valence-corrected chi connectivity index (χ2v) is 5.48. The highest BCUT2D eigenvalue weighted by atomic mass is 32.2. The summed E-state index contributed by atoms with van der Waals surface area (Å²) in [7, 11) is -3.16. The number of aromatic nitrogens is 1. The van der Waals surface area contributed by atoms with Gasteiger partial charge in [0.2, 0.25) is 0 Å². The summed E-state index contributed by atoms with van der Waals surface area (Å²) in [6.45, 7) is 1.64. The highest BCUT2D eigenvalue weighted by Crippen LogP contribution is 2.21. The van der Waals surface area contributed by atoms with E-state index in [1.54, 1.807) is 37.4 Å². The standard InChI is InChI=1S/C11H11NO2S/c1-2-15(13,14)11-7-3-6-10-9(11)5-4-8-12-10/h3-8H,2H2,1H3. The van der Waals surface area contributed by atoms with Gasteiger partial charge < -0.3 is 0 Å². The van der Waals surface area contributed by atoms with Gasteiger partial charge in [-0.25, -0.2) is 8.42 Å². The number of benzene rings is 1. The van der Waals surface area contributed by atoms with Crippen LogP contribution >= 0.6 is 0 Å². The van der Waals surface area contributed by atoms with Crippen molar-refractivity contribution in [2.45, 2.75) is 11.8 Å².